The van der Waals surface area contributed by atoms with Crippen molar-refractivity contribution < 1.29 is 14.3 Å². The first-order valence-corrected chi connectivity index (χ1v) is 11.0. The highest BCUT2D eigenvalue weighted by Crippen LogP contribution is 2.28. The molecule has 0 spiro atoms. The van der Waals surface area contributed by atoms with Crippen molar-refractivity contribution in [2.45, 2.75) is 58.2 Å². The van der Waals surface area contributed by atoms with Gasteiger partial charge in [0.2, 0.25) is 5.91 Å². The van der Waals surface area contributed by atoms with E-state index in [0.29, 0.717) is 12.0 Å². The number of benzene rings is 1. The third-order valence-corrected chi connectivity index (χ3v) is 6.63. The van der Waals surface area contributed by atoms with Gasteiger partial charge >= 0.3 is 0 Å². The average molecular weight is 404 g/mol. The van der Waals surface area contributed by atoms with E-state index in [1.54, 1.807) is 14.2 Å². The number of carbonyl (C=O) groups excluding carboxylic acids is 1. The van der Waals surface area contributed by atoms with E-state index in [-0.39, 0.29) is 11.9 Å². The first kappa shape index (κ1) is 21.9. The Kier molecular flexibility index (Phi) is 7.78. The zero-order valence-corrected chi connectivity index (χ0v) is 18.4. The van der Waals surface area contributed by atoms with E-state index in [1.165, 1.54) is 24.8 Å². The Hall–Kier alpha value is -1.79. The molecule has 3 atom stereocenters. The molecule has 0 radical (unpaired) electrons. The molecule has 1 saturated carbocycles. The molecular formula is C23H37N3O3. The summed E-state index contributed by atoms with van der Waals surface area (Å²) < 4.78 is 10.7. The van der Waals surface area contributed by atoms with Crippen molar-refractivity contribution in [1.82, 2.24) is 15.1 Å². The number of rotatable bonds is 7. The van der Waals surface area contributed by atoms with Crippen LogP contribution in [0.5, 0.6) is 11.5 Å². The summed E-state index contributed by atoms with van der Waals surface area (Å²) in [5.41, 5.74) is 1.22. The Bertz CT molecular complexity index is 673. The molecule has 29 heavy (non-hydrogen) atoms. The third kappa shape index (κ3) is 5.64. The van der Waals surface area contributed by atoms with E-state index in [1.807, 2.05) is 19.1 Å². The predicted octanol–water partition coefficient (Wildman–Crippen LogP) is 2.90. The van der Waals surface area contributed by atoms with Crippen LogP contribution in [-0.4, -0.2) is 68.2 Å². The van der Waals surface area contributed by atoms with Gasteiger partial charge in [-0.1, -0.05) is 25.8 Å². The van der Waals surface area contributed by atoms with Crippen molar-refractivity contribution >= 4 is 5.91 Å². The molecule has 0 unspecified atom stereocenters. The van der Waals surface area contributed by atoms with Gasteiger partial charge < -0.3 is 14.8 Å². The predicted molar refractivity (Wildman–Crippen MR) is 115 cm³/mol. The second kappa shape index (κ2) is 10.3. The van der Waals surface area contributed by atoms with Crippen molar-refractivity contribution in [1.29, 1.82) is 0 Å². The van der Waals surface area contributed by atoms with Gasteiger partial charge in [0.25, 0.3) is 0 Å². The van der Waals surface area contributed by atoms with Crippen LogP contribution < -0.4 is 14.8 Å². The summed E-state index contributed by atoms with van der Waals surface area (Å²) in [5.74, 6) is 2.31. The van der Waals surface area contributed by atoms with Crippen molar-refractivity contribution in [3.05, 3.63) is 23.8 Å². The summed E-state index contributed by atoms with van der Waals surface area (Å²) >= 11 is 0. The van der Waals surface area contributed by atoms with Crippen LogP contribution in [0.3, 0.4) is 0 Å². The van der Waals surface area contributed by atoms with Crippen LogP contribution in [0.1, 0.15) is 45.1 Å². The zero-order chi connectivity index (χ0) is 20.8. The maximum atomic E-state index is 12.8. The largest absolute Gasteiger partial charge is 0.493 e. The number of carbonyl (C=O) groups is 1. The Balaban J connectivity index is 1.47. The minimum absolute atomic E-state index is 0.0626. The highest BCUT2D eigenvalue weighted by Gasteiger charge is 2.29. The minimum atomic E-state index is -0.0626. The van der Waals surface area contributed by atoms with Gasteiger partial charge in [0.05, 0.1) is 20.3 Å². The smallest absolute Gasteiger partial charge is 0.237 e. The normalized spacial score (nSPS) is 24.7. The lowest BCUT2D eigenvalue weighted by molar-refractivity contribution is -0.127. The molecule has 1 amide bonds. The van der Waals surface area contributed by atoms with E-state index >= 15 is 0 Å². The Morgan fingerprint density at radius 1 is 1.10 bits per heavy atom. The van der Waals surface area contributed by atoms with Gasteiger partial charge in [-0.3, -0.25) is 14.6 Å². The summed E-state index contributed by atoms with van der Waals surface area (Å²) in [6, 6.07) is 6.39. The Morgan fingerprint density at radius 2 is 1.79 bits per heavy atom. The summed E-state index contributed by atoms with van der Waals surface area (Å²) in [4.78, 5) is 17.5. The molecule has 3 rings (SSSR count). The van der Waals surface area contributed by atoms with E-state index in [4.69, 9.17) is 9.47 Å². The van der Waals surface area contributed by atoms with Gasteiger partial charge in [-0.05, 0) is 43.4 Å². The molecular weight excluding hydrogens is 366 g/mol. The van der Waals surface area contributed by atoms with Crippen LogP contribution in [0.4, 0.5) is 0 Å². The lowest BCUT2D eigenvalue weighted by Crippen LogP contribution is -2.55. The van der Waals surface area contributed by atoms with Crippen LogP contribution >= 0.6 is 0 Å². The molecule has 1 aromatic rings. The van der Waals surface area contributed by atoms with E-state index in [9.17, 15) is 4.79 Å². The molecule has 1 aliphatic carbocycles. The quantitative estimate of drug-likeness (QED) is 0.759. The molecule has 1 aliphatic heterocycles. The molecule has 1 saturated heterocycles. The molecule has 6 nitrogen and oxygen atoms in total. The Morgan fingerprint density at radius 3 is 2.45 bits per heavy atom. The van der Waals surface area contributed by atoms with Gasteiger partial charge in [0, 0.05) is 38.8 Å². The fraction of sp³-hybridized carbons (Fsp3) is 0.696. The average Bonchev–Trinajstić information content (AvgIpc) is 2.75. The molecule has 1 N–H and O–H groups in total. The number of nitrogens with one attached hydrogen (secondary N) is 1. The van der Waals surface area contributed by atoms with Gasteiger partial charge in [0.1, 0.15) is 0 Å². The minimum Gasteiger partial charge on any atom is -0.493 e. The number of hydrogen-bond acceptors (Lipinski definition) is 5. The van der Waals surface area contributed by atoms with Crippen molar-refractivity contribution in [3.8, 4) is 11.5 Å². The van der Waals surface area contributed by atoms with Gasteiger partial charge in [-0.2, -0.15) is 0 Å². The van der Waals surface area contributed by atoms with Crippen LogP contribution in [0.25, 0.3) is 0 Å². The van der Waals surface area contributed by atoms with E-state index < -0.39 is 0 Å². The first-order valence-electron chi connectivity index (χ1n) is 11.0. The SMILES string of the molecule is COc1ccc(CN2CCN([C@H](C)C(=O)N[C@H]3CCCC[C@H]3C)CC2)cc1OC. The van der Waals surface area contributed by atoms with Crippen LogP contribution in [0.15, 0.2) is 18.2 Å². The zero-order valence-electron chi connectivity index (χ0n) is 18.4. The number of nitrogens with zero attached hydrogens (tertiary/aromatic N) is 2. The lowest BCUT2D eigenvalue weighted by atomic mass is 9.86. The number of hydrogen-bond donors (Lipinski definition) is 1. The molecule has 6 heteroatoms. The first-order chi connectivity index (χ1) is 14.0. The monoisotopic (exact) mass is 403 g/mol. The molecule has 0 bridgehead atoms. The second-order valence-electron chi connectivity index (χ2n) is 8.55. The second-order valence-corrected chi connectivity index (χ2v) is 8.55. The van der Waals surface area contributed by atoms with Crippen LogP contribution in [0.2, 0.25) is 0 Å². The van der Waals surface area contributed by atoms with Crippen molar-refractivity contribution in [2.24, 2.45) is 5.92 Å². The molecule has 0 aromatic heterocycles. The summed E-state index contributed by atoms with van der Waals surface area (Å²) in [7, 11) is 3.32. The van der Waals surface area contributed by atoms with E-state index in [2.05, 4.69) is 28.1 Å². The summed E-state index contributed by atoms with van der Waals surface area (Å²) in [6.07, 6.45) is 4.89. The molecule has 1 aromatic carbocycles. The topological polar surface area (TPSA) is 54.0 Å². The standard InChI is InChI=1S/C23H37N3O3/c1-17-7-5-6-8-20(17)24-23(27)18(2)26-13-11-25(12-14-26)16-19-9-10-21(28-3)22(15-19)29-4/h9-10,15,17-18,20H,5-8,11-14,16H2,1-4H3,(H,24,27)/t17-,18-,20+/m1/s1. The maximum absolute atomic E-state index is 12.8. The number of amides is 1. The van der Waals surface area contributed by atoms with E-state index in [0.717, 1.165) is 50.6 Å². The molecule has 1 heterocycles. The third-order valence-electron chi connectivity index (χ3n) is 6.63. The molecule has 162 valence electrons. The Labute approximate surface area is 175 Å². The van der Waals surface area contributed by atoms with Crippen LogP contribution in [-0.2, 0) is 11.3 Å². The van der Waals surface area contributed by atoms with Crippen molar-refractivity contribution in [3.63, 3.8) is 0 Å². The summed E-state index contributed by atoms with van der Waals surface area (Å²) in [6.45, 7) is 8.96. The van der Waals surface area contributed by atoms with Crippen LogP contribution in [0, 0.1) is 5.92 Å². The van der Waals surface area contributed by atoms with Gasteiger partial charge in [-0.25, -0.2) is 0 Å². The van der Waals surface area contributed by atoms with Gasteiger partial charge in [0.15, 0.2) is 11.5 Å². The van der Waals surface area contributed by atoms with Gasteiger partial charge in [-0.15, -0.1) is 0 Å². The fourth-order valence-corrected chi connectivity index (χ4v) is 4.55. The number of ether oxygens (including phenoxy) is 2. The highest BCUT2D eigenvalue weighted by atomic mass is 16.5. The maximum Gasteiger partial charge on any atom is 0.237 e. The van der Waals surface area contributed by atoms with Crippen molar-refractivity contribution in [2.75, 3.05) is 40.4 Å². The summed E-state index contributed by atoms with van der Waals surface area (Å²) in [5, 5.41) is 3.32. The fourth-order valence-electron chi connectivity index (χ4n) is 4.55. The number of methoxy groups -OCH3 is 2. The molecule has 2 aliphatic rings. The molecule has 2 fully saturated rings. The highest BCUT2D eigenvalue weighted by molar-refractivity contribution is 5.81. The lowest BCUT2D eigenvalue weighted by Gasteiger charge is -2.38. The number of piperazine rings is 1.